The van der Waals surface area contributed by atoms with Gasteiger partial charge < -0.3 is 5.32 Å². The SMILES string of the molecule is CC(C)(C)CCC1(CNC2CC2)CCCCC1. The van der Waals surface area contributed by atoms with E-state index in [2.05, 4.69) is 26.1 Å². The minimum atomic E-state index is 0.504. The summed E-state index contributed by atoms with van der Waals surface area (Å²) in [7, 11) is 0. The molecule has 2 aliphatic rings. The van der Waals surface area contributed by atoms with Gasteiger partial charge in [0.1, 0.15) is 0 Å². The Labute approximate surface area is 108 Å². The second-order valence-corrected chi connectivity index (χ2v) is 7.78. The van der Waals surface area contributed by atoms with Crippen molar-refractivity contribution >= 4 is 0 Å². The Morgan fingerprint density at radius 1 is 1.06 bits per heavy atom. The standard InChI is InChI=1S/C16H31N/c1-15(2,3)11-12-16(9-5-4-6-10-16)13-17-14-7-8-14/h14,17H,4-13H2,1-3H3. The molecule has 2 saturated carbocycles. The van der Waals surface area contributed by atoms with Crippen LogP contribution in [0.4, 0.5) is 0 Å². The van der Waals surface area contributed by atoms with E-state index in [1.54, 1.807) is 0 Å². The van der Waals surface area contributed by atoms with E-state index in [1.807, 2.05) is 0 Å². The lowest BCUT2D eigenvalue weighted by atomic mass is 9.68. The van der Waals surface area contributed by atoms with Gasteiger partial charge in [-0.1, -0.05) is 40.0 Å². The molecule has 0 bridgehead atoms. The molecule has 0 aromatic carbocycles. The molecule has 2 rings (SSSR count). The molecule has 0 heterocycles. The van der Waals surface area contributed by atoms with E-state index in [0.717, 1.165) is 6.04 Å². The van der Waals surface area contributed by atoms with Gasteiger partial charge >= 0.3 is 0 Å². The van der Waals surface area contributed by atoms with E-state index < -0.39 is 0 Å². The molecule has 17 heavy (non-hydrogen) atoms. The van der Waals surface area contributed by atoms with Gasteiger partial charge in [-0.15, -0.1) is 0 Å². The smallest absolute Gasteiger partial charge is 0.00684 e. The first-order valence-electron chi connectivity index (χ1n) is 7.73. The average molecular weight is 237 g/mol. The van der Waals surface area contributed by atoms with E-state index >= 15 is 0 Å². The Balaban J connectivity index is 1.85. The molecular formula is C16H31N. The van der Waals surface area contributed by atoms with Gasteiger partial charge in [-0.3, -0.25) is 0 Å². The average Bonchev–Trinajstić information content (AvgIpc) is 3.08. The summed E-state index contributed by atoms with van der Waals surface area (Å²) in [4.78, 5) is 0. The van der Waals surface area contributed by atoms with Crippen molar-refractivity contribution in [1.82, 2.24) is 5.32 Å². The van der Waals surface area contributed by atoms with E-state index in [0.29, 0.717) is 10.8 Å². The summed E-state index contributed by atoms with van der Waals surface area (Å²) in [6.45, 7) is 8.46. The van der Waals surface area contributed by atoms with Crippen molar-refractivity contribution in [2.75, 3.05) is 6.54 Å². The molecule has 0 atom stereocenters. The maximum absolute atomic E-state index is 3.80. The van der Waals surface area contributed by atoms with E-state index in [9.17, 15) is 0 Å². The highest BCUT2D eigenvalue weighted by Crippen LogP contribution is 2.42. The van der Waals surface area contributed by atoms with Crippen LogP contribution in [0.2, 0.25) is 0 Å². The predicted octanol–water partition coefficient (Wildman–Crippen LogP) is 4.52. The van der Waals surface area contributed by atoms with Crippen LogP contribution in [0.25, 0.3) is 0 Å². The summed E-state index contributed by atoms with van der Waals surface area (Å²) in [6.07, 6.45) is 13.0. The maximum atomic E-state index is 3.80. The van der Waals surface area contributed by atoms with Crippen LogP contribution in [0, 0.1) is 10.8 Å². The molecule has 2 fully saturated rings. The molecule has 0 saturated heterocycles. The molecule has 1 nitrogen and oxygen atoms in total. The molecule has 0 radical (unpaired) electrons. The summed E-state index contributed by atoms with van der Waals surface area (Å²) < 4.78 is 0. The molecular weight excluding hydrogens is 206 g/mol. The lowest BCUT2D eigenvalue weighted by molar-refractivity contribution is 0.141. The molecule has 0 aromatic heterocycles. The number of nitrogens with one attached hydrogen (secondary N) is 1. The summed E-state index contributed by atoms with van der Waals surface area (Å²) in [5, 5.41) is 3.80. The zero-order chi connectivity index (χ0) is 12.4. The van der Waals surface area contributed by atoms with Crippen molar-refractivity contribution in [3.05, 3.63) is 0 Å². The van der Waals surface area contributed by atoms with Crippen LogP contribution >= 0.6 is 0 Å². The van der Waals surface area contributed by atoms with Gasteiger partial charge in [-0.2, -0.15) is 0 Å². The number of rotatable bonds is 5. The van der Waals surface area contributed by atoms with Crippen molar-refractivity contribution < 1.29 is 0 Å². The highest BCUT2D eigenvalue weighted by atomic mass is 15.0. The van der Waals surface area contributed by atoms with Crippen LogP contribution in [0.3, 0.4) is 0 Å². The van der Waals surface area contributed by atoms with Crippen molar-refractivity contribution in [3.8, 4) is 0 Å². The van der Waals surface area contributed by atoms with Crippen molar-refractivity contribution in [2.45, 2.75) is 84.6 Å². The topological polar surface area (TPSA) is 12.0 Å². The Morgan fingerprint density at radius 3 is 2.24 bits per heavy atom. The fraction of sp³-hybridized carbons (Fsp3) is 1.00. The van der Waals surface area contributed by atoms with Crippen molar-refractivity contribution in [1.29, 1.82) is 0 Å². The van der Waals surface area contributed by atoms with Gasteiger partial charge in [0, 0.05) is 12.6 Å². The van der Waals surface area contributed by atoms with Crippen LogP contribution < -0.4 is 5.32 Å². The third-order valence-corrected chi connectivity index (χ3v) is 4.66. The lowest BCUT2D eigenvalue weighted by Gasteiger charge is -2.39. The minimum absolute atomic E-state index is 0.504. The van der Waals surface area contributed by atoms with Crippen LogP contribution in [-0.2, 0) is 0 Å². The van der Waals surface area contributed by atoms with Crippen molar-refractivity contribution in [3.63, 3.8) is 0 Å². The molecule has 100 valence electrons. The molecule has 0 amide bonds. The molecule has 1 N–H and O–H groups in total. The van der Waals surface area contributed by atoms with Gasteiger partial charge in [0.15, 0.2) is 0 Å². The monoisotopic (exact) mass is 237 g/mol. The molecule has 1 heteroatoms. The van der Waals surface area contributed by atoms with Gasteiger partial charge in [0.25, 0.3) is 0 Å². The minimum Gasteiger partial charge on any atom is -0.313 e. The zero-order valence-corrected chi connectivity index (χ0v) is 12.1. The van der Waals surface area contributed by atoms with E-state index in [4.69, 9.17) is 0 Å². The first-order chi connectivity index (χ1) is 7.99. The van der Waals surface area contributed by atoms with Gasteiger partial charge in [-0.25, -0.2) is 0 Å². The fourth-order valence-corrected chi connectivity index (χ4v) is 3.11. The molecule has 0 aliphatic heterocycles. The molecule has 2 aliphatic carbocycles. The zero-order valence-electron chi connectivity index (χ0n) is 12.1. The quantitative estimate of drug-likeness (QED) is 0.741. The van der Waals surface area contributed by atoms with Crippen molar-refractivity contribution in [2.24, 2.45) is 10.8 Å². The molecule has 0 unspecified atom stereocenters. The van der Waals surface area contributed by atoms with Gasteiger partial charge in [-0.05, 0) is 49.4 Å². The van der Waals surface area contributed by atoms with Crippen LogP contribution in [0.1, 0.15) is 78.6 Å². The fourth-order valence-electron chi connectivity index (χ4n) is 3.11. The van der Waals surface area contributed by atoms with Crippen LogP contribution in [0.5, 0.6) is 0 Å². The Bertz CT molecular complexity index is 228. The van der Waals surface area contributed by atoms with Gasteiger partial charge in [0.05, 0.1) is 0 Å². The van der Waals surface area contributed by atoms with E-state index in [-0.39, 0.29) is 0 Å². The van der Waals surface area contributed by atoms with E-state index in [1.165, 1.54) is 64.3 Å². The summed E-state index contributed by atoms with van der Waals surface area (Å²) >= 11 is 0. The van der Waals surface area contributed by atoms with Crippen LogP contribution in [0.15, 0.2) is 0 Å². The Morgan fingerprint density at radius 2 is 1.71 bits per heavy atom. The largest absolute Gasteiger partial charge is 0.313 e. The maximum Gasteiger partial charge on any atom is 0.00684 e. The molecule has 0 spiro atoms. The normalized spacial score (nSPS) is 24.9. The second kappa shape index (κ2) is 5.30. The van der Waals surface area contributed by atoms with Crippen LogP contribution in [-0.4, -0.2) is 12.6 Å². The Hall–Kier alpha value is -0.0400. The first kappa shape index (κ1) is 13.4. The highest BCUT2D eigenvalue weighted by Gasteiger charge is 2.34. The number of hydrogen-bond acceptors (Lipinski definition) is 1. The lowest BCUT2D eigenvalue weighted by Crippen LogP contribution is -2.37. The summed E-state index contributed by atoms with van der Waals surface area (Å²) in [5.74, 6) is 0. The summed E-state index contributed by atoms with van der Waals surface area (Å²) in [5.41, 5.74) is 1.15. The van der Waals surface area contributed by atoms with Gasteiger partial charge in [0.2, 0.25) is 0 Å². The third-order valence-electron chi connectivity index (χ3n) is 4.66. The second-order valence-electron chi connectivity index (χ2n) is 7.78. The predicted molar refractivity (Wildman–Crippen MR) is 75.2 cm³/mol. The summed E-state index contributed by atoms with van der Waals surface area (Å²) in [6, 6.07) is 0.878. The third kappa shape index (κ3) is 4.62. The number of hydrogen-bond donors (Lipinski definition) is 1. The highest BCUT2D eigenvalue weighted by molar-refractivity contribution is 4.90. The molecule has 0 aromatic rings. The first-order valence-corrected chi connectivity index (χ1v) is 7.73. The Kier molecular flexibility index (Phi) is 4.18.